The third-order valence-corrected chi connectivity index (χ3v) is 7.67. The maximum Gasteiger partial charge on any atom is 0.263 e. The first-order valence-corrected chi connectivity index (χ1v) is 12.2. The molecule has 1 heterocycles. The largest absolute Gasteiger partial charge is 0.280 e. The topological polar surface area (TPSA) is 106 Å². The number of nitrogens with one attached hydrogen (secondary N) is 1. The summed E-state index contributed by atoms with van der Waals surface area (Å²) in [5, 5.41) is 7.90. The summed E-state index contributed by atoms with van der Waals surface area (Å²) in [6.45, 7) is 1.53. The number of sulfone groups is 1. The molecule has 152 valence electrons. The van der Waals surface area contributed by atoms with E-state index >= 15 is 0 Å². The number of hydrogen-bond acceptors (Lipinski definition) is 6. The van der Waals surface area contributed by atoms with Crippen LogP contribution in [-0.2, 0) is 19.9 Å². The Balaban J connectivity index is 1.83. The molecule has 3 rings (SSSR count). The number of nitrogens with zero attached hydrogens (tertiary/aromatic N) is 2. The van der Waals surface area contributed by atoms with Crippen LogP contribution in [0.3, 0.4) is 0 Å². The molecule has 0 bridgehead atoms. The van der Waals surface area contributed by atoms with Crippen molar-refractivity contribution in [3.8, 4) is 11.3 Å². The molecule has 0 unspecified atom stereocenters. The second-order valence-electron chi connectivity index (χ2n) is 5.92. The van der Waals surface area contributed by atoms with Crippen molar-refractivity contribution in [1.29, 1.82) is 0 Å². The van der Waals surface area contributed by atoms with Gasteiger partial charge in [-0.2, -0.15) is 0 Å². The highest BCUT2D eigenvalue weighted by molar-refractivity contribution is 7.92. The minimum absolute atomic E-state index is 0.0518. The molecule has 0 saturated carbocycles. The van der Waals surface area contributed by atoms with E-state index in [9.17, 15) is 16.8 Å². The minimum Gasteiger partial charge on any atom is -0.280 e. The Bertz CT molecular complexity index is 1250. The van der Waals surface area contributed by atoms with Crippen LogP contribution in [0.2, 0.25) is 10.0 Å². The quantitative estimate of drug-likeness (QED) is 0.581. The van der Waals surface area contributed by atoms with Gasteiger partial charge in [0.05, 0.1) is 16.5 Å². The molecule has 0 radical (unpaired) electrons. The Labute approximate surface area is 178 Å². The van der Waals surface area contributed by atoms with Crippen LogP contribution in [0, 0.1) is 0 Å². The molecule has 3 aromatic rings. The second-order valence-corrected chi connectivity index (χ2v) is 10.6. The van der Waals surface area contributed by atoms with Gasteiger partial charge in [0.15, 0.2) is 14.9 Å². The van der Waals surface area contributed by atoms with Gasteiger partial charge in [0.1, 0.15) is 4.90 Å². The summed E-state index contributed by atoms with van der Waals surface area (Å²) in [4.78, 5) is -0.130. The van der Waals surface area contributed by atoms with Crippen LogP contribution in [0.4, 0.5) is 5.69 Å². The summed E-state index contributed by atoms with van der Waals surface area (Å²) in [5.41, 5.74) is 1.40. The first-order valence-electron chi connectivity index (χ1n) is 8.27. The number of benzene rings is 2. The Morgan fingerprint density at radius 1 is 0.897 bits per heavy atom. The molecule has 0 aliphatic rings. The van der Waals surface area contributed by atoms with Crippen molar-refractivity contribution >= 4 is 48.7 Å². The molecule has 1 N–H and O–H groups in total. The third kappa shape index (κ3) is 4.87. The van der Waals surface area contributed by atoms with E-state index in [1.807, 2.05) is 0 Å². The van der Waals surface area contributed by atoms with E-state index in [0.717, 1.165) is 0 Å². The van der Waals surface area contributed by atoms with Gasteiger partial charge in [0.25, 0.3) is 10.0 Å². The average Bonchev–Trinajstić information content (AvgIpc) is 2.70. The van der Waals surface area contributed by atoms with E-state index in [2.05, 4.69) is 14.9 Å². The van der Waals surface area contributed by atoms with Crippen molar-refractivity contribution in [2.24, 2.45) is 0 Å². The molecule has 0 aliphatic carbocycles. The molecule has 0 saturated heterocycles. The van der Waals surface area contributed by atoms with Gasteiger partial charge in [-0.3, -0.25) is 4.72 Å². The SMILES string of the molecule is CCS(=O)(=O)c1ccc(-c2ccc(NS(=O)(=O)c3cc(Cl)ccc3Cl)cc2)nn1. The molecule has 0 fully saturated rings. The molecular weight excluding hydrogens is 457 g/mol. The Morgan fingerprint density at radius 3 is 2.17 bits per heavy atom. The van der Waals surface area contributed by atoms with E-state index < -0.39 is 19.9 Å². The van der Waals surface area contributed by atoms with E-state index in [1.54, 1.807) is 30.3 Å². The highest BCUT2D eigenvalue weighted by Gasteiger charge is 2.19. The van der Waals surface area contributed by atoms with E-state index in [1.165, 1.54) is 31.2 Å². The smallest absolute Gasteiger partial charge is 0.263 e. The number of rotatable bonds is 6. The average molecular weight is 472 g/mol. The highest BCUT2D eigenvalue weighted by Crippen LogP contribution is 2.27. The van der Waals surface area contributed by atoms with Crippen LogP contribution >= 0.6 is 23.2 Å². The molecule has 7 nitrogen and oxygen atoms in total. The zero-order chi connectivity index (χ0) is 21.2. The van der Waals surface area contributed by atoms with Gasteiger partial charge in [-0.15, -0.1) is 10.2 Å². The predicted octanol–water partition coefficient (Wildman–Crippen LogP) is 4.04. The highest BCUT2D eigenvalue weighted by atomic mass is 35.5. The lowest BCUT2D eigenvalue weighted by molar-refractivity contribution is 0.591. The second kappa shape index (κ2) is 8.27. The van der Waals surface area contributed by atoms with Crippen LogP contribution in [0.25, 0.3) is 11.3 Å². The lowest BCUT2D eigenvalue weighted by Crippen LogP contribution is -2.13. The number of sulfonamides is 1. The fraction of sp³-hybridized carbons (Fsp3) is 0.111. The minimum atomic E-state index is -3.93. The van der Waals surface area contributed by atoms with Gasteiger partial charge < -0.3 is 0 Å². The monoisotopic (exact) mass is 471 g/mol. The standard InChI is InChI=1S/C18H15Cl2N3O4S2/c1-2-28(24,25)18-10-9-16(21-22-18)12-3-6-14(7-4-12)23-29(26,27)17-11-13(19)5-8-15(17)20/h3-11,23H,2H2,1H3. The molecule has 0 atom stereocenters. The molecule has 0 aliphatic heterocycles. The summed E-state index contributed by atoms with van der Waals surface area (Å²) in [7, 11) is -7.36. The third-order valence-electron chi connectivity index (χ3n) is 3.95. The number of aromatic nitrogens is 2. The summed E-state index contributed by atoms with van der Waals surface area (Å²) in [6, 6.07) is 13.5. The summed E-state index contributed by atoms with van der Waals surface area (Å²) >= 11 is 11.8. The van der Waals surface area contributed by atoms with Crippen molar-refractivity contribution < 1.29 is 16.8 Å². The van der Waals surface area contributed by atoms with E-state index in [0.29, 0.717) is 16.9 Å². The van der Waals surface area contributed by atoms with Crippen LogP contribution in [0.5, 0.6) is 0 Å². The number of halogens is 2. The van der Waals surface area contributed by atoms with Crippen LogP contribution in [0.15, 0.2) is 64.5 Å². The van der Waals surface area contributed by atoms with Crippen molar-refractivity contribution in [2.45, 2.75) is 16.8 Å². The van der Waals surface area contributed by atoms with Crippen LogP contribution in [-0.4, -0.2) is 32.8 Å². The molecular formula is C18H15Cl2N3O4S2. The van der Waals surface area contributed by atoms with E-state index in [-0.39, 0.29) is 25.7 Å². The lowest BCUT2D eigenvalue weighted by atomic mass is 10.1. The number of hydrogen-bond donors (Lipinski definition) is 1. The molecule has 29 heavy (non-hydrogen) atoms. The molecule has 1 aromatic heterocycles. The Kier molecular flexibility index (Phi) is 6.13. The summed E-state index contributed by atoms with van der Waals surface area (Å²) < 4.78 is 51.1. The van der Waals surface area contributed by atoms with Crippen molar-refractivity contribution in [2.75, 3.05) is 10.5 Å². The molecule has 0 amide bonds. The van der Waals surface area contributed by atoms with Crippen LogP contribution in [0.1, 0.15) is 6.92 Å². The fourth-order valence-electron chi connectivity index (χ4n) is 2.39. The van der Waals surface area contributed by atoms with Gasteiger partial charge in [-0.1, -0.05) is 42.3 Å². The summed E-state index contributed by atoms with van der Waals surface area (Å²) in [6.07, 6.45) is 0. The number of anilines is 1. The van der Waals surface area contributed by atoms with Crippen molar-refractivity contribution in [3.63, 3.8) is 0 Å². The molecule has 0 spiro atoms. The van der Waals surface area contributed by atoms with Gasteiger partial charge in [-0.05, 0) is 42.5 Å². The fourth-order valence-corrected chi connectivity index (χ4v) is 4.95. The van der Waals surface area contributed by atoms with Crippen LogP contribution < -0.4 is 4.72 Å². The zero-order valence-electron chi connectivity index (χ0n) is 15.0. The molecule has 2 aromatic carbocycles. The van der Waals surface area contributed by atoms with Crippen molar-refractivity contribution in [1.82, 2.24) is 10.2 Å². The Morgan fingerprint density at radius 2 is 1.59 bits per heavy atom. The first-order chi connectivity index (χ1) is 13.6. The van der Waals surface area contributed by atoms with Gasteiger partial charge in [0, 0.05) is 16.3 Å². The maximum atomic E-state index is 12.6. The molecule has 11 heteroatoms. The zero-order valence-corrected chi connectivity index (χ0v) is 18.1. The van der Waals surface area contributed by atoms with E-state index in [4.69, 9.17) is 23.2 Å². The maximum absolute atomic E-state index is 12.6. The lowest BCUT2D eigenvalue weighted by Gasteiger charge is -2.10. The van der Waals surface area contributed by atoms with Crippen molar-refractivity contribution in [3.05, 3.63) is 64.6 Å². The van der Waals surface area contributed by atoms with Gasteiger partial charge >= 0.3 is 0 Å². The Hall–Kier alpha value is -2.20. The van der Waals surface area contributed by atoms with Gasteiger partial charge in [-0.25, -0.2) is 16.8 Å². The predicted molar refractivity (Wildman–Crippen MR) is 112 cm³/mol. The first kappa shape index (κ1) is 21.5. The summed E-state index contributed by atoms with van der Waals surface area (Å²) in [5.74, 6) is -0.0630. The normalized spacial score (nSPS) is 12.0. The van der Waals surface area contributed by atoms with Gasteiger partial charge in [0.2, 0.25) is 0 Å².